The van der Waals surface area contributed by atoms with Crippen LogP contribution in [0.2, 0.25) is 0 Å². The maximum atomic E-state index is 13.4. The average Bonchev–Trinajstić information content (AvgIpc) is 3.29. The second kappa shape index (κ2) is 13.4. The highest BCUT2D eigenvalue weighted by Gasteiger charge is 2.15. The smallest absolute Gasteiger partial charge is 0.254 e. The lowest BCUT2D eigenvalue weighted by atomic mass is 10.1. The molecule has 1 aromatic heterocycles. The van der Waals surface area contributed by atoms with Gasteiger partial charge in [-0.1, -0.05) is 18.2 Å². The second-order valence-corrected chi connectivity index (χ2v) is 7.37. The number of aromatic nitrogens is 1. The Morgan fingerprint density at radius 2 is 1.91 bits per heavy atom. The first kappa shape index (κ1) is 26.9. The predicted octanol–water partition coefficient (Wildman–Crippen LogP) is 3.62. The van der Waals surface area contributed by atoms with Crippen molar-refractivity contribution >= 4 is 18.3 Å². The zero-order valence-electron chi connectivity index (χ0n) is 19.4. The van der Waals surface area contributed by atoms with Crippen molar-refractivity contribution in [2.45, 2.75) is 19.6 Å². The first-order valence-electron chi connectivity index (χ1n) is 10.5. The van der Waals surface area contributed by atoms with Crippen LogP contribution in [0.5, 0.6) is 17.4 Å². The maximum Gasteiger partial charge on any atom is 0.254 e. The van der Waals surface area contributed by atoms with E-state index in [9.17, 15) is 9.18 Å². The standard InChI is InChI=1S/C24H28FN3O5.ClH/c1-26-23(29)15-28(14-20-13-24(31-3)27-33-20)10-9-17-7-8-21(22(12-17)30-2)32-16-18-5-4-6-19(25)11-18;/h4-8,11-13H,9-10,14-16H2,1-3H3,(H,26,29);1H. The molecule has 0 aliphatic rings. The van der Waals surface area contributed by atoms with E-state index in [1.807, 2.05) is 23.1 Å². The summed E-state index contributed by atoms with van der Waals surface area (Å²) in [4.78, 5) is 13.9. The molecule has 1 amide bonds. The Bertz CT molecular complexity index is 1060. The summed E-state index contributed by atoms with van der Waals surface area (Å²) in [5, 5.41) is 6.45. The molecule has 0 aliphatic heterocycles. The van der Waals surface area contributed by atoms with E-state index in [0.29, 0.717) is 42.6 Å². The van der Waals surface area contributed by atoms with Gasteiger partial charge in [-0.2, -0.15) is 0 Å². The fourth-order valence-corrected chi connectivity index (χ4v) is 3.24. The molecule has 8 nitrogen and oxygen atoms in total. The molecule has 0 saturated heterocycles. The third-order valence-electron chi connectivity index (χ3n) is 5.00. The minimum atomic E-state index is -0.302. The van der Waals surface area contributed by atoms with Crippen LogP contribution in [0, 0.1) is 5.82 Å². The third kappa shape index (κ3) is 7.93. The number of likely N-dealkylation sites (N-methyl/N-ethyl adjacent to an activating group) is 1. The lowest BCUT2D eigenvalue weighted by Gasteiger charge is -2.20. The van der Waals surface area contributed by atoms with Crippen LogP contribution in [0.1, 0.15) is 16.9 Å². The van der Waals surface area contributed by atoms with Crippen LogP contribution in [-0.4, -0.2) is 50.3 Å². The summed E-state index contributed by atoms with van der Waals surface area (Å²) < 4.78 is 35.0. The number of benzene rings is 2. The van der Waals surface area contributed by atoms with E-state index in [1.165, 1.54) is 19.2 Å². The van der Waals surface area contributed by atoms with Crippen molar-refractivity contribution in [2.75, 3.05) is 34.4 Å². The molecule has 0 atom stereocenters. The normalized spacial score (nSPS) is 10.5. The molecule has 0 spiro atoms. The molecule has 184 valence electrons. The number of halogens is 2. The highest BCUT2D eigenvalue weighted by atomic mass is 35.5. The van der Waals surface area contributed by atoms with Crippen LogP contribution in [0.15, 0.2) is 53.1 Å². The SMILES string of the molecule is CNC(=O)CN(CCc1ccc(OCc2cccc(F)c2)c(OC)c1)Cc1cc(OC)no1.Cl. The zero-order chi connectivity index (χ0) is 23.6. The van der Waals surface area contributed by atoms with Gasteiger partial charge in [0.1, 0.15) is 12.4 Å². The Labute approximate surface area is 204 Å². The van der Waals surface area contributed by atoms with Crippen molar-refractivity contribution in [3.05, 3.63) is 71.2 Å². The van der Waals surface area contributed by atoms with Crippen LogP contribution < -0.4 is 19.5 Å². The van der Waals surface area contributed by atoms with Crippen molar-refractivity contribution in [1.29, 1.82) is 0 Å². The van der Waals surface area contributed by atoms with Gasteiger partial charge in [0.05, 0.1) is 27.3 Å². The van der Waals surface area contributed by atoms with E-state index in [4.69, 9.17) is 18.7 Å². The zero-order valence-corrected chi connectivity index (χ0v) is 20.2. The van der Waals surface area contributed by atoms with Crippen molar-refractivity contribution in [2.24, 2.45) is 0 Å². The van der Waals surface area contributed by atoms with Gasteiger partial charge in [0.2, 0.25) is 5.91 Å². The number of rotatable bonds is 12. The molecular formula is C24H29ClFN3O5. The van der Waals surface area contributed by atoms with Crippen molar-refractivity contribution in [3.63, 3.8) is 0 Å². The Morgan fingerprint density at radius 1 is 1.09 bits per heavy atom. The van der Waals surface area contributed by atoms with Crippen molar-refractivity contribution in [3.8, 4) is 17.4 Å². The van der Waals surface area contributed by atoms with E-state index < -0.39 is 0 Å². The van der Waals surface area contributed by atoms with E-state index in [1.54, 1.807) is 32.4 Å². The van der Waals surface area contributed by atoms with E-state index in [0.717, 1.165) is 11.1 Å². The number of ether oxygens (including phenoxy) is 3. The second-order valence-electron chi connectivity index (χ2n) is 7.37. The Hall–Kier alpha value is -3.30. The van der Waals surface area contributed by atoms with Gasteiger partial charge in [-0.05, 0) is 47.0 Å². The third-order valence-corrected chi connectivity index (χ3v) is 5.00. The summed E-state index contributed by atoms with van der Waals surface area (Å²) in [6.07, 6.45) is 0.669. The molecule has 0 unspecified atom stereocenters. The Kier molecular flexibility index (Phi) is 10.6. The van der Waals surface area contributed by atoms with Crippen LogP contribution >= 0.6 is 12.4 Å². The molecule has 1 heterocycles. The molecule has 34 heavy (non-hydrogen) atoms. The van der Waals surface area contributed by atoms with Crippen molar-refractivity contribution < 1.29 is 27.9 Å². The quantitative estimate of drug-likeness (QED) is 0.412. The van der Waals surface area contributed by atoms with Gasteiger partial charge in [0.25, 0.3) is 5.88 Å². The molecule has 0 fully saturated rings. The number of amides is 1. The lowest BCUT2D eigenvalue weighted by molar-refractivity contribution is -0.121. The number of hydrogen-bond acceptors (Lipinski definition) is 7. The van der Waals surface area contributed by atoms with E-state index in [-0.39, 0.29) is 37.3 Å². The number of hydrogen-bond donors (Lipinski definition) is 1. The monoisotopic (exact) mass is 493 g/mol. The first-order chi connectivity index (χ1) is 16.0. The van der Waals surface area contributed by atoms with Gasteiger partial charge < -0.3 is 24.1 Å². The molecule has 10 heteroatoms. The molecule has 0 radical (unpaired) electrons. The highest BCUT2D eigenvalue weighted by molar-refractivity contribution is 5.85. The minimum Gasteiger partial charge on any atom is -0.493 e. The molecule has 1 N–H and O–H groups in total. The van der Waals surface area contributed by atoms with Crippen molar-refractivity contribution in [1.82, 2.24) is 15.4 Å². The minimum absolute atomic E-state index is 0. The topological polar surface area (TPSA) is 86.1 Å². The van der Waals surface area contributed by atoms with Gasteiger partial charge >= 0.3 is 0 Å². The maximum absolute atomic E-state index is 13.4. The highest BCUT2D eigenvalue weighted by Crippen LogP contribution is 2.29. The number of carbonyl (C=O) groups excluding carboxylic acids is 1. The van der Waals surface area contributed by atoms with Gasteiger partial charge in [-0.15, -0.1) is 12.4 Å². The van der Waals surface area contributed by atoms with Gasteiger partial charge in [0, 0.05) is 19.7 Å². The van der Waals surface area contributed by atoms with Gasteiger partial charge in [0.15, 0.2) is 17.3 Å². The largest absolute Gasteiger partial charge is 0.493 e. The number of nitrogens with one attached hydrogen (secondary N) is 1. The van der Waals surface area contributed by atoms with Gasteiger partial charge in [-0.3, -0.25) is 9.69 Å². The number of methoxy groups -OCH3 is 2. The molecule has 0 bridgehead atoms. The summed E-state index contributed by atoms with van der Waals surface area (Å²) in [6, 6.07) is 13.7. The first-order valence-corrected chi connectivity index (χ1v) is 10.5. The summed E-state index contributed by atoms with van der Waals surface area (Å²) in [7, 11) is 4.69. The fourth-order valence-electron chi connectivity index (χ4n) is 3.24. The van der Waals surface area contributed by atoms with E-state index >= 15 is 0 Å². The fraction of sp³-hybridized carbons (Fsp3) is 0.333. The summed E-state index contributed by atoms with van der Waals surface area (Å²) >= 11 is 0. The molecular weight excluding hydrogens is 465 g/mol. The summed E-state index contributed by atoms with van der Waals surface area (Å²) in [6.45, 7) is 1.46. The molecule has 3 rings (SSSR count). The Balaban J connectivity index is 0.00000408. The molecule has 3 aromatic rings. The van der Waals surface area contributed by atoms with Crippen LogP contribution in [0.4, 0.5) is 4.39 Å². The molecule has 2 aromatic carbocycles. The summed E-state index contributed by atoms with van der Waals surface area (Å²) in [5.41, 5.74) is 1.75. The van der Waals surface area contributed by atoms with Crippen LogP contribution in [-0.2, 0) is 24.4 Å². The molecule has 0 saturated carbocycles. The summed E-state index contributed by atoms with van der Waals surface area (Å²) in [5.74, 6) is 1.75. The van der Waals surface area contributed by atoms with E-state index in [2.05, 4.69) is 10.5 Å². The van der Waals surface area contributed by atoms with Crippen LogP contribution in [0.3, 0.4) is 0 Å². The number of carbonyl (C=O) groups is 1. The van der Waals surface area contributed by atoms with Crippen LogP contribution in [0.25, 0.3) is 0 Å². The molecule has 0 aliphatic carbocycles. The average molecular weight is 494 g/mol. The Morgan fingerprint density at radius 3 is 2.59 bits per heavy atom. The number of nitrogens with zero attached hydrogens (tertiary/aromatic N) is 2. The lowest BCUT2D eigenvalue weighted by Crippen LogP contribution is -2.36. The predicted molar refractivity (Wildman–Crippen MR) is 127 cm³/mol. The van der Waals surface area contributed by atoms with Gasteiger partial charge in [-0.25, -0.2) is 4.39 Å².